The van der Waals surface area contributed by atoms with Crippen molar-refractivity contribution >= 4 is 11.4 Å². The van der Waals surface area contributed by atoms with Crippen molar-refractivity contribution in [2.24, 2.45) is 0 Å². The molecule has 0 atom stereocenters. The number of hydrogen-bond acceptors (Lipinski definition) is 4. The maximum Gasteiger partial charge on any atom is 0.115 e. The smallest absolute Gasteiger partial charge is 0.115 e. The number of phenols is 1. The number of nitrogens with two attached hydrogens (primary N) is 1. The Morgan fingerprint density at radius 2 is 2.19 bits per heavy atom. The van der Waals surface area contributed by atoms with Crippen LogP contribution in [-0.2, 0) is 6.54 Å². The van der Waals surface area contributed by atoms with Gasteiger partial charge in [-0.15, -0.1) is 0 Å². The zero-order valence-corrected chi connectivity index (χ0v) is 8.72. The van der Waals surface area contributed by atoms with Crippen LogP contribution in [-0.4, -0.2) is 10.1 Å². The molecule has 1 aromatic carbocycles. The molecule has 0 spiro atoms. The molecular weight excluding hydrogens is 202 g/mol. The molecule has 0 aliphatic rings. The maximum absolute atomic E-state index is 9.30. The fraction of sp³-hybridized carbons (Fsp3) is 0.0833. The molecule has 1 aromatic heterocycles. The van der Waals surface area contributed by atoms with E-state index >= 15 is 0 Å². The number of nitrogens with zero attached hydrogens (tertiary/aromatic N) is 1. The largest absolute Gasteiger partial charge is 0.508 e. The highest BCUT2D eigenvalue weighted by atomic mass is 16.3. The molecule has 0 amide bonds. The number of benzene rings is 1. The number of aromatic hydroxyl groups is 1. The summed E-state index contributed by atoms with van der Waals surface area (Å²) in [5.41, 5.74) is 8.20. The Balaban J connectivity index is 2.05. The summed E-state index contributed by atoms with van der Waals surface area (Å²) in [5.74, 6) is 0.266. The molecule has 4 heteroatoms. The first kappa shape index (κ1) is 10.3. The molecule has 0 unspecified atom stereocenters. The molecule has 2 rings (SSSR count). The van der Waals surface area contributed by atoms with Gasteiger partial charge in [-0.2, -0.15) is 0 Å². The number of aromatic nitrogens is 1. The highest BCUT2D eigenvalue weighted by Crippen LogP contribution is 2.17. The van der Waals surface area contributed by atoms with Crippen LogP contribution in [0.1, 0.15) is 5.56 Å². The lowest BCUT2D eigenvalue weighted by molar-refractivity contribution is 0.474. The maximum atomic E-state index is 9.30. The third-order valence-electron chi connectivity index (χ3n) is 2.25. The van der Waals surface area contributed by atoms with E-state index in [2.05, 4.69) is 10.3 Å². The number of pyridine rings is 1. The van der Waals surface area contributed by atoms with Crippen LogP contribution >= 0.6 is 0 Å². The third kappa shape index (κ3) is 2.42. The quantitative estimate of drug-likeness (QED) is 0.732. The van der Waals surface area contributed by atoms with Gasteiger partial charge in [-0.1, -0.05) is 12.1 Å². The average molecular weight is 215 g/mol. The SMILES string of the molecule is Nc1cnccc1NCc1cccc(O)c1. The van der Waals surface area contributed by atoms with E-state index < -0.39 is 0 Å². The lowest BCUT2D eigenvalue weighted by Crippen LogP contribution is -2.02. The summed E-state index contributed by atoms with van der Waals surface area (Å²) in [4.78, 5) is 3.91. The zero-order chi connectivity index (χ0) is 11.4. The summed E-state index contributed by atoms with van der Waals surface area (Å²) in [6.07, 6.45) is 3.28. The van der Waals surface area contributed by atoms with E-state index in [0.717, 1.165) is 11.3 Å². The van der Waals surface area contributed by atoms with E-state index in [4.69, 9.17) is 5.73 Å². The Kier molecular flexibility index (Phi) is 2.91. The highest BCUT2D eigenvalue weighted by Gasteiger charge is 1.98. The predicted octanol–water partition coefficient (Wildman–Crippen LogP) is 1.98. The zero-order valence-electron chi connectivity index (χ0n) is 8.72. The number of anilines is 2. The minimum atomic E-state index is 0.266. The molecule has 4 nitrogen and oxygen atoms in total. The van der Waals surface area contributed by atoms with Crippen LogP contribution in [0.5, 0.6) is 5.75 Å². The molecule has 16 heavy (non-hydrogen) atoms. The van der Waals surface area contributed by atoms with Gasteiger partial charge in [0.15, 0.2) is 0 Å². The molecule has 0 radical (unpaired) electrons. The fourth-order valence-corrected chi connectivity index (χ4v) is 1.43. The highest BCUT2D eigenvalue weighted by molar-refractivity contribution is 5.64. The topological polar surface area (TPSA) is 71.2 Å². The molecule has 0 aliphatic heterocycles. The monoisotopic (exact) mass is 215 g/mol. The first-order valence-corrected chi connectivity index (χ1v) is 4.97. The van der Waals surface area contributed by atoms with Gasteiger partial charge >= 0.3 is 0 Å². The van der Waals surface area contributed by atoms with Gasteiger partial charge < -0.3 is 16.2 Å². The summed E-state index contributed by atoms with van der Waals surface area (Å²) < 4.78 is 0. The van der Waals surface area contributed by atoms with Crippen molar-refractivity contribution in [3.63, 3.8) is 0 Å². The van der Waals surface area contributed by atoms with Crippen molar-refractivity contribution in [3.05, 3.63) is 48.3 Å². The second-order valence-corrected chi connectivity index (χ2v) is 3.49. The van der Waals surface area contributed by atoms with Gasteiger partial charge in [0.2, 0.25) is 0 Å². The van der Waals surface area contributed by atoms with Crippen LogP contribution in [0.25, 0.3) is 0 Å². The lowest BCUT2D eigenvalue weighted by atomic mass is 10.2. The Labute approximate surface area is 93.8 Å². The number of phenolic OH excluding ortho intramolecular Hbond substituents is 1. The van der Waals surface area contributed by atoms with Crippen molar-refractivity contribution in [1.82, 2.24) is 4.98 Å². The van der Waals surface area contributed by atoms with Crippen molar-refractivity contribution in [3.8, 4) is 5.75 Å². The van der Waals surface area contributed by atoms with Crippen LogP contribution in [0, 0.1) is 0 Å². The van der Waals surface area contributed by atoms with Gasteiger partial charge in [-0.05, 0) is 23.8 Å². The van der Waals surface area contributed by atoms with Crippen LogP contribution < -0.4 is 11.1 Å². The first-order valence-electron chi connectivity index (χ1n) is 4.97. The van der Waals surface area contributed by atoms with E-state index in [1.165, 1.54) is 0 Å². The van der Waals surface area contributed by atoms with Gasteiger partial charge in [-0.25, -0.2) is 0 Å². The van der Waals surface area contributed by atoms with Crippen molar-refractivity contribution in [2.45, 2.75) is 6.54 Å². The molecule has 1 heterocycles. The average Bonchev–Trinajstić information content (AvgIpc) is 2.28. The van der Waals surface area contributed by atoms with Gasteiger partial charge in [0.1, 0.15) is 5.75 Å². The van der Waals surface area contributed by atoms with Crippen LogP contribution in [0.2, 0.25) is 0 Å². The number of hydrogen-bond donors (Lipinski definition) is 3. The number of rotatable bonds is 3. The molecule has 0 fully saturated rings. The Bertz CT molecular complexity index is 485. The van der Waals surface area contributed by atoms with E-state index in [0.29, 0.717) is 12.2 Å². The van der Waals surface area contributed by atoms with Gasteiger partial charge in [0.25, 0.3) is 0 Å². The summed E-state index contributed by atoms with van der Waals surface area (Å²) in [6.45, 7) is 0.614. The van der Waals surface area contributed by atoms with Gasteiger partial charge in [0.05, 0.1) is 17.6 Å². The minimum absolute atomic E-state index is 0.266. The first-order chi connectivity index (χ1) is 7.75. The Morgan fingerprint density at radius 3 is 2.94 bits per heavy atom. The Hall–Kier alpha value is -2.23. The van der Waals surface area contributed by atoms with Crippen molar-refractivity contribution in [2.75, 3.05) is 11.1 Å². The lowest BCUT2D eigenvalue weighted by Gasteiger charge is -2.08. The van der Waals surface area contributed by atoms with E-state index in [1.807, 2.05) is 18.2 Å². The molecular formula is C12H13N3O. The molecule has 82 valence electrons. The summed E-state index contributed by atoms with van der Waals surface area (Å²) >= 11 is 0. The molecule has 0 bridgehead atoms. The summed E-state index contributed by atoms with van der Waals surface area (Å²) in [6, 6.07) is 8.92. The second kappa shape index (κ2) is 4.53. The molecule has 2 aromatic rings. The van der Waals surface area contributed by atoms with E-state index in [9.17, 15) is 5.11 Å². The molecule has 0 aliphatic carbocycles. The Morgan fingerprint density at radius 1 is 1.31 bits per heavy atom. The van der Waals surface area contributed by atoms with Crippen LogP contribution in [0.3, 0.4) is 0 Å². The van der Waals surface area contributed by atoms with E-state index in [1.54, 1.807) is 24.5 Å². The predicted molar refractivity (Wildman–Crippen MR) is 64.1 cm³/mol. The van der Waals surface area contributed by atoms with E-state index in [-0.39, 0.29) is 5.75 Å². The van der Waals surface area contributed by atoms with Crippen LogP contribution in [0.4, 0.5) is 11.4 Å². The summed E-state index contributed by atoms with van der Waals surface area (Å²) in [5, 5.41) is 12.5. The van der Waals surface area contributed by atoms with Gasteiger partial charge in [-0.3, -0.25) is 4.98 Å². The molecule has 0 saturated carbocycles. The number of nitrogen functional groups attached to an aromatic ring is 1. The van der Waals surface area contributed by atoms with Crippen molar-refractivity contribution < 1.29 is 5.11 Å². The van der Waals surface area contributed by atoms with Gasteiger partial charge in [0, 0.05) is 12.7 Å². The summed E-state index contributed by atoms with van der Waals surface area (Å²) in [7, 11) is 0. The normalized spacial score (nSPS) is 10.0. The van der Waals surface area contributed by atoms with Crippen LogP contribution in [0.15, 0.2) is 42.7 Å². The molecule has 4 N–H and O–H groups in total. The standard InChI is InChI=1S/C12H13N3O/c13-11-8-14-5-4-12(11)15-7-9-2-1-3-10(16)6-9/h1-6,8,16H,7,13H2,(H,14,15). The second-order valence-electron chi connectivity index (χ2n) is 3.49. The fourth-order valence-electron chi connectivity index (χ4n) is 1.43. The molecule has 0 saturated heterocycles. The number of nitrogens with one attached hydrogen (secondary N) is 1. The minimum Gasteiger partial charge on any atom is -0.508 e. The third-order valence-corrected chi connectivity index (χ3v) is 2.25. The van der Waals surface area contributed by atoms with Crippen molar-refractivity contribution in [1.29, 1.82) is 0 Å².